The number of hydrazone groups is 1. The largest absolute Gasteiger partial charge is 0.496 e. The first-order valence-corrected chi connectivity index (χ1v) is 8.94. The van der Waals surface area contributed by atoms with Gasteiger partial charge in [-0.3, -0.25) is 4.79 Å². The van der Waals surface area contributed by atoms with E-state index in [1.54, 1.807) is 38.6 Å². The Balaban J connectivity index is 1.83. The van der Waals surface area contributed by atoms with E-state index in [0.29, 0.717) is 11.3 Å². The molecule has 0 aliphatic heterocycles. The minimum atomic E-state index is -0.291. The molecule has 0 saturated heterocycles. The molecule has 5 nitrogen and oxygen atoms in total. The van der Waals surface area contributed by atoms with E-state index in [0.717, 1.165) is 25.7 Å². The van der Waals surface area contributed by atoms with Gasteiger partial charge in [0.1, 0.15) is 11.5 Å². The van der Waals surface area contributed by atoms with Crippen LogP contribution in [0, 0.1) is 3.57 Å². The number of fused-ring (bicyclic) bond motifs is 1. The fourth-order valence-corrected chi connectivity index (χ4v) is 3.35. The highest BCUT2D eigenvalue weighted by molar-refractivity contribution is 14.1. The summed E-state index contributed by atoms with van der Waals surface area (Å²) in [4.78, 5) is 12.3. The van der Waals surface area contributed by atoms with E-state index in [4.69, 9.17) is 9.47 Å². The number of ether oxygens (including phenoxy) is 2. The molecule has 132 valence electrons. The van der Waals surface area contributed by atoms with Crippen molar-refractivity contribution in [3.63, 3.8) is 0 Å². The van der Waals surface area contributed by atoms with Crippen LogP contribution < -0.4 is 14.9 Å². The van der Waals surface area contributed by atoms with Crippen LogP contribution in [0.3, 0.4) is 0 Å². The molecule has 1 N–H and O–H groups in total. The third kappa shape index (κ3) is 3.80. The lowest BCUT2D eigenvalue weighted by Crippen LogP contribution is -2.17. The van der Waals surface area contributed by atoms with Gasteiger partial charge in [0.25, 0.3) is 5.91 Å². The Morgan fingerprint density at radius 3 is 2.50 bits per heavy atom. The number of nitrogens with one attached hydrogen (secondary N) is 1. The van der Waals surface area contributed by atoms with Gasteiger partial charge >= 0.3 is 0 Å². The summed E-state index contributed by atoms with van der Waals surface area (Å²) in [6.45, 7) is 0. The number of benzene rings is 3. The van der Waals surface area contributed by atoms with Crippen LogP contribution in [-0.4, -0.2) is 26.3 Å². The third-order valence-electron chi connectivity index (χ3n) is 3.92. The van der Waals surface area contributed by atoms with E-state index in [-0.39, 0.29) is 5.91 Å². The smallest absolute Gasteiger partial charge is 0.271 e. The Morgan fingerprint density at radius 1 is 1.04 bits per heavy atom. The fraction of sp³-hybridized carbons (Fsp3) is 0.100. The van der Waals surface area contributed by atoms with Crippen molar-refractivity contribution in [1.29, 1.82) is 0 Å². The van der Waals surface area contributed by atoms with Gasteiger partial charge in [0.15, 0.2) is 0 Å². The molecule has 0 heterocycles. The van der Waals surface area contributed by atoms with Crippen LogP contribution in [0.4, 0.5) is 0 Å². The molecule has 26 heavy (non-hydrogen) atoms. The van der Waals surface area contributed by atoms with E-state index in [2.05, 4.69) is 33.1 Å². The summed E-state index contributed by atoms with van der Waals surface area (Å²) < 4.78 is 11.5. The molecule has 0 fully saturated rings. The van der Waals surface area contributed by atoms with Crippen LogP contribution in [0.2, 0.25) is 0 Å². The van der Waals surface area contributed by atoms with Gasteiger partial charge in [-0.2, -0.15) is 5.10 Å². The molecule has 0 aromatic heterocycles. The Hall–Kier alpha value is -2.61. The normalized spacial score (nSPS) is 10.9. The Bertz CT molecular complexity index is 986. The molecule has 1 amide bonds. The summed E-state index contributed by atoms with van der Waals surface area (Å²) in [5.74, 6) is 1.13. The summed E-state index contributed by atoms with van der Waals surface area (Å²) in [5, 5.41) is 6.19. The molecular weight excluding hydrogens is 443 g/mol. The minimum Gasteiger partial charge on any atom is -0.496 e. The molecule has 0 aliphatic rings. The van der Waals surface area contributed by atoms with Crippen molar-refractivity contribution >= 4 is 45.5 Å². The average Bonchev–Trinajstić information content (AvgIpc) is 2.67. The summed E-state index contributed by atoms with van der Waals surface area (Å²) in [6.07, 6.45) is 1.60. The van der Waals surface area contributed by atoms with Gasteiger partial charge in [0.05, 0.1) is 24.0 Å². The summed E-state index contributed by atoms with van der Waals surface area (Å²) in [7, 11) is 3.21. The first-order chi connectivity index (χ1) is 12.6. The zero-order valence-corrected chi connectivity index (χ0v) is 16.5. The van der Waals surface area contributed by atoms with Crippen molar-refractivity contribution in [2.45, 2.75) is 0 Å². The first kappa shape index (κ1) is 18.2. The number of methoxy groups -OCH3 is 2. The van der Waals surface area contributed by atoms with Crippen molar-refractivity contribution in [3.05, 3.63) is 69.3 Å². The highest BCUT2D eigenvalue weighted by Gasteiger charge is 2.09. The molecule has 3 rings (SSSR count). The minimum absolute atomic E-state index is 0.291. The molecular formula is C20H17IN2O3. The molecule has 0 saturated carbocycles. The van der Waals surface area contributed by atoms with Crippen molar-refractivity contribution < 1.29 is 14.3 Å². The van der Waals surface area contributed by atoms with Crippen molar-refractivity contribution in [1.82, 2.24) is 5.43 Å². The van der Waals surface area contributed by atoms with E-state index in [9.17, 15) is 4.79 Å². The van der Waals surface area contributed by atoms with Gasteiger partial charge < -0.3 is 9.47 Å². The predicted octanol–water partition coefficient (Wildman–Crippen LogP) is 4.23. The van der Waals surface area contributed by atoms with Crippen LogP contribution in [0.1, 0.15) is 15.9 Å². The molecule has 3 aromatic rings. The molecule has 0 aliphatic carbocycles. The van der Waals surface area contributed by atoms with E-state index < -0.39 is 0 Å². The van der Waals surface area contributed by atoms with Crippen molar-refractivity contribution in [3.8, 4) is 11.5 Å². The van der Waals surface area contributed by atoms with Gasteiger partial charge in [-0.1, -0.05) is 30.3 Å². The van der Waals surface area contributed by atoms with E-state index >= 15 is 0 Å². The van der Waals surface area contributed by atoms with Crippen molar-refractivity contribution in [2.75, 3.05) is 14.2 Å². The monoisotopic (exact) mass is 460 g/mol. The zero-order chi connectivity index (χ0) is 18.5. The van der Waals surface area contributed by atoms with Crippen molar-refractivity contribution in [2.24, 2.45) is 5.10 Å². The Morgan fingerprint density at radius 2 is 1.77 bits per heavy atom. The maximum absolute atomic E-state index is 12.3. The van der Waals surface area contributed by atoms with Crippen LogP contribution in [0.15, 0.2) is 59.7 Å². The van der Waals surface area contributed by atoms with Crippen LogP contribution in [0.25, 0.3) is 10.8 Å². The van der Waals surface area contributed by atoms with Gasteiger partial charge in [-0.25, -0.2) is 5.43 Å². The Kier molecular flexibility index (Phi) is 5.72. The highest BCUT2D eigenvalue weighted by atomic mass is 127. The number of carbonyl (C=O) groups is 1. The SMILES string of the molecule is COc1ccc(C(=O)NN=Cc2c(OC)ccc3ccccc23)cc1I. The van der Waals surface area contributed by atoms with Crippen LogP contribution in [-0.2, 0) is 0 Å². The topological polar surface area (TPSA) is 59.9 Å². The number of hydrogen-bond acceptors (Lipinski definition) is 4. The van der Waals surface area contributed by atoms with E-state index in [1.165, 1.54) is 0 Å². The molecule has 0 radical (unpaired) electrons. The number of halogens is 1. The molecule has 0 bridgehead atoms. The van der Waals surface area contributed by atoms with Gasteiger partial charge in [-0.15, -0.1) is 0 Å². The lowest BCUT2D eigenvalue weighted by molar-refractivity contribution is 0.0955. The maximum Gasteiger partial charge on any atom is 0.271 e. The zero-order valence-electron chi connectivity index (χ0n) is 14.3. The second-order valence-electron chi connectivity index (χ2n) is 5.45. The summed E-state index contributed by atoms with van der Waals surface area (Å²) in [5.41, 5.74) is 3.89. The van der Waals surface area contributed by atoms with Gasteiger partial charge in [0.2, 0.25) is 0 Å². The second kappa shape index (κ2) is 8.18. The van der Waals surface area contributed by atoms with Gasteiger partial charge in [-0.05, 0) is 57.6 Å². The van der Waals surface area contributed by atoms with Gasteiger partial charge in [0, 0.05) is 11.1 Å². The first-order valence-electron chi connectivity index (χ1n) is 7.86. The molecule has 6 heteroatoms. The molecule has 0 unspecified atom stereocenters. The number of amides is 1. The highest BCUT2D eigenvalue weighted by Crippen LogP contribution is 2.26. The Labute approximate surface area is 165 Å². The number of carbonyl (C=O) groups excluding carboxylic acids is 1. The third-order valence-corrected chi connectivity index (χ3v) is 4.77. The molecule has 0 atom stereocenters. The second-order valence-corrected chi connectivity index (χ2v) is 6.61. The lowest BCUT2D eigenvalue weighted by Gasteiger charge is -2.08. The lowest BCUT2D eigenvalue weighted by atomic mass is 10.0. The number of nitrogens with zero attached hydrogens (tertiary/aromatic N) is 1. The fourth-order valence-electron chi connectivity index (χ4n) is 2.61. The summed E-state index contributed by atoms with van der Waals surface area (Å²) >= 11 is 2.13. The van der Waals surface area contributed by atoms with Crippen LogP contribution >= 0.6 is 22.6 Å². The summed E-state index contributed by atoms with van der Waals surface area (Å²) in [6, 6.07) is 17.0. The molecule has 0 spiro atoms. The number of rotatable bonds is 5. The standard InChI is InChI=1S/C20H17IN2O3/c1-25-18-9-7-13-5-3-4-6-15(13)16(18)12-22-23-20(24)14-8-10-19(26-2)17(21)11-14/h3-12H,1-2H3,(H,23,24). The van der Waals surface area contributed by atoms with Crippen LogP contribution in [0.5, 0.6) is 11.5 Å². The molecule has 3 aromatic carbocycles. The van der Waals surface area contributed by atoms with E-state index in [1.807, 2.05) is 36.4 Å². The number of hydrogen-bond donors (Lipinski definition) is 1. The maximum atomic E-state index is 12.3. The average molecular weight is 460 g/mol. The quantitative estimate of drug-likeness (QED) is 0.353. The predicted molar refractivity (Wildman–Crippen MR) is 111 cm³/mol.